The predicted molar refractivity (Wildman–Crippen MR) is 129 cm³/mol. The first kappa shape index (κ1) is 20.4. The fourth-order valence-corrected chi connectivity index (χ4v) is 6.05. The number of ether oxygens (including phenoxy) is 2. The topological polar surface area (TPSA) is 58.9 Å². The molecule has 1 fully saturated rings. The number of hydrogen-bond donors (Lipinski definition) is 2. The van der Waals surface area contributed by atoms with Crippen LogP contribution in [0.15, 0.2) is 72.5 Å². The molecule has 0 radical (unpaired) electrons. The van der Waals surface area contributed by atoms with E-state index in [-0.39, 0.29) is 11.7 Å². The van der Waals surface area contributed by atoms with Crippen molar-refractivity contribution in [1.29, 1.82) is 0 Å². The number of phenols is 2. The molecule has 0 aliphatic heterocycles. The highest BCUT2D eigenvalue weighted by molar-refractivity contribution is 5.96. The molecule has 3 atom stereocenters. The van der Waals surface area contributed by atoms with E-state index in [2.05, 4.69) is 19.9 Å². The Kier molecular flexibility index (Phi) is 4.40. The summed E-state index contributed by atoms with van der Waals surface area (Å²) < 4.78 is 13.1. The third kappa shape index (κ3) is 3.16. The van der Waals surface area contributed by atoms with Crippen LogP contribution in [0.2, 0.25) is 0 Å². The number of rotatable bonds is 4. The molecule has 3 aromatic carbocycles. The maximum atomic E-state index is 11.3. The van der Waals surface area contributed by atoms with Crippen LogP contribution in [0, 0.1) is 6.92 Å². The normalized spacial score (nSPS) is 27.6. The van der Waals surface area contributed by atoms with Gasteiger partial charge in [0.05, 0.1) is 11.2 Å². The van der Waals surface area contributed by atoms with Gasteiger partial charge in [-0.05, 0) is 69.7 Å². The van der Waals surface area contributed by atoms with Crippen LogP contribution in [-0.2, 0) is 10.3 Å². The minimum atomic E-state index is -0.614. The lowest BCUT2D eigenvalue weighted by molar-refractivity contribution is -0.126. The number of fused-ring (bicyclic) bond motifs is 6. The monoisotopic (exact) mass is 440 g/mol. The summed E-state index contributed by atoms with van der Waals surface area (Å²) in [6.07, 6.45) is 9.39. The lowest BCUT2D eigenvalue weighted by atomic mass is 9.84. The van der Waals surface area contributed by atoms with Crippen molar-refractivity contribution in [3.63, 3.8) is 0 Å². The Morgan fingerprint density at radius 2 is 1.70 bits per heavy atom. The summed E-state index contributed by atoms with van der Waals surface area (Å²) in [5.74, 6) is 2.28. The zero-order valence-corrected chi connectivity index (χ0v) is 19.0. The average molecular weight is 441 g/mol. The molecule has 0 aromatic heterocycles. The zero-order valence-electron chi connectivity index (χ0n) is 19.0. The first-order valence-electron chi connectivity index (χ1n) is 11.7. The maximum absolute atomic E-state index is 11.3. The Hall–Kier alpha value is -3.24. The second kappa shape index (κ2) is 7.13. The number of phenolic OH excluding ortho intramolecular Hbond substituents is 2. The summed E-state index contributed by atoms with van der Waals surface area (Å²) in [5.41, 5.74) is 1.64. The van der Waals surface area contributed by atoms with E-state index in [1.165, 1.54) is 5.56 Å². The molecule has 3 unspecified atom stereocenters. The van der Waals surface area contributed by atoms with Gasteiger partial charge < -0.3 is 19.7 Å². The van der Waals surface area contributed by atoms with Gasteiger partial charge in [-0.25, -0.2) is 0 Å². The van der Waals surface area contributed by atoms with Gasteiger partial charge in [-0.1, -0.05) is 48.0 Å². The van der Waals surface area contributed by atoms with Gasteiger partial charge in [0, 0.05) is 21.9 Å². The summed E-state index contributed by atoms with van der Waals surface area (Å²) in [7, 11) is 0. The van der Waals surface area contributed by atoms with Crippen LogP contribution < -0.4 is 4.74 Å². The minimum absolute atomic E-state index is 0.200. The van der Waals surface area contributed by atoms with Crippen molar-refractivity contribution in [2.75, 3.05) is 0 Å². The summed E-state index contributed by atoms with van der Waals surface area (Å²) in [4.78, 5) is 0. The van der Waals surface area contributed by atoms with Gasteiger partial charge in [-0.2, -0.15) is 0 Å². The molecule has 0 spiro atoms. The van der Waals surface area contributed by atoms with Gasteiger partial charge >= 0.3 is 0 Å². The second-order valence-corrected chi connectivity index (χ2v) is 9.95. The van der Waals surface area contributed by atoms with Crippen molar-refractivity contribution in [2.45, 2.75) is 56.7 Å². The number of allylic oxidation sites excluding steroid dienone is 1. The summed E-state index contributed by atoms with van der Waals surface area (Å²) in [6.45, 7) is 4.13. The van der Waals surface area contributed by atoms with Crippen molar-refractivity contribution < 1.29 is 19.7 Å². The molecule has 2 bridgehead atoms. The fourth-order valence-electron chi connectivity index (χ4n) is 6.05. The number of benzene rings is 3. The van der Waals surface area contributed by atoms with E-state index in [4.69, 9.17) is 9.47 Å². The van der Waals surface area contributed by atoms with E-state index in [1.54, 1.807) is 0 Å². The molecule has 33 heavy (non-hydrogen) atoms. The lowest BCUT2D eigenvalue weighted by Gasteiger charge is -2.40. The first-order valence-corrected chi connectivity index (χ1v) is 11.7. The largest absolute Gasteiger partial charge is 0.507 e. The SMILES string of the molecule is Cc1ccc(OC2=CC(C)(OC34CCC(C3)c3c4c(O)c4ccccc4c3O)CC=C2)cc1. The molecule has 3 aliphatic carbocycles. The molecule has 4 nitrogen and oxygen atoms in total. The first-order chi connectivity index (χ1) is 15.9. The summed E-state index contributed by atoms with van der Waals surface area (Å²) >= 11 is 0. The van der Waals surface area contributed by atoms with Gasteiger partial charge in [0.1, 0.15) is 23.0 Å². The van der Waals surface area contributed by atoms with Crippen molar-refractivity contribution in [3.05, 3.63) is 89.2 Å². The highest BCUT2D eigenvalue weighted by atomic mass is 16.5. The van der Waals surface area contributed by atoms with Crippen molar-refractivity contribution in [3.8, 4) is 17.2 Å². The van der Waals surface area contributed by atoms with Crippen LogP contribution in [0.3, 0.4) is 0 Å². The van der Waals surface area contributed by atoms with E-state index in [0.29, 0.717) is 16.5 Å². The molecule has 0 amide bonds. The van der Waals surface area contributed by atoms with Crippen LogP contribution in [0.1, 0.15) is 55.2 Å². The number of aromatic hydroxyl groups is 2. The molecule has 1 saturated carbocycles. The van der Waals surface area contributed by atoms with E-state index in [1.807, 2.05) is 60.7 Å². The second-order valence-electron chi connectivity index (χ2n) is 9.95. The van der Waals surface area contributed by atoms with Crippen molar-refractivity contribution in [2.24, 2.45) is 0 Å². The lowest BCUT2D eigenvalue weighted by Crippen LogP contribution is -2.39. The van der Waals surface area contributed by atoms with E-state index >= 15 is 0 Å². The highest BCUT2D eigenvalue weighted by Crippen LogP contribution is 2.65. The third-order valence-corrected chi connectivity index (χ3v) is 7.47. The standard InChI is InChI=1S/C29H28O4/c1-18-9-11-20(12-10-18)32-21-6-5-14-28(2,17-21)33-29-15-13-19(16-29)24-25(29)27(31)23-8-4-3-7-22(23)26(24)30/h3-12,17,19,30-31H,13-16H2,1-2H3. The molecule has 168 valence electrons. The molecular formula is C29H28O4. The van der Waals surface area contributed by atoms with Crippen molar-refractivity contribution >= 4 is 10.8 Å². The van der Waals surface area contributed by atoms with Gasteiger partial charge in [-0.3, -0.25) is 0 Å². The Morgan fingerprint density at radius 1 is 0.970 bits per heavy atom. The van der Waals surface area contributed by atoms with Gasteiger partial charge in [-0.15, -0.1) is 0 Å². The Balaban J connectivity index is 1.38. The Morgan fingerprint density at radius 3 is 2.45 bits per heavy atom. The quantitative estimate of drug-likeness (QED) is 0.442. The Bertz CT molecular complexity index is 1320. The van der Waals surface area contributed by atoms with Crippen LogP contribution >= 0.6 is 0 Å². The Labute approximate surface area is 193 Å². The molecule has 3 aliphatic rings. The predicted octanol–water partition coefficient (Wildman–Crippen LogP) is 6.73. The average Bonchev–Trinajstić information content (AvgIpc) is 3.35. The van der Waals surface area contributed by atoms with Gasteiger partial charge in [0.25, 0.3) is 0 Å². The van der Waals surface area contributed by atoms with E-state index in [0.717, 1.165) is 48.3 Å². The van der Waals surface area contributed by atoms with Crippen LogP contribution in [-0.4, -0.2) is 15.8 Å². The van der Waals surface area contributed by atoms with Crippen LogP contribution in [0.25, 0.3) is 10.8 Å². The maximum Gasteiger partial charge on any atom is 0.130 e. The number of hydrogen-bond acceptors (Lipinski definition) is 4. The van der Waals surface area contributed by atoms with Gasteiger partial charge in [0.2, 0.25) is 0 Å². The number of aryl methyl sites for hydroxylation is 1. The molecule has 6 rings (SSSR count). The van der Waals surface area contributed by atoms with Crippen LogP contribution in [0.5, 0.6) is 17.2 Å². The van der Waals surface area contributed by atoms with E-state index in [9.17, 15) is 10.2 Å². The smallest absolute Gasteiger partial charge is 0.130 e. The summed E-state index contributed by atoms with van der Waals surface area (Å²) in [6, 6.07) is 15.5. The molecule has 3 aromatic rings. The van der Waals surface area contributed by atoms with Crippen LogP contribution in [0.4, 0.5) is 0 Å². The molecule has 0 saturated heterocycles. The van der Waals surface area contributed by atoms with Gasteiger partial charge in [0.15, 0.2) is 0 Å². The molecular weight excluding hydrogens is 412 g/mol. The minimum Gasteiger partial charge on any atom is -0.507 e. The zero-order chi connectivity index (χ0) is 22.8. The molecule has 2 N–H and O–H groups in total. The molecule has 4 heteroatoms. The third-order valence-electron chi connectivity index (χ3n) is 7.47. The highest BCUT2D eigenvalue weighted by Gasteiger charge is 2.56. The van der Waals surface area contributed by atoms with E-state index < -0.39 is 11.2 Å². The van der Waals surface area contributed by atoms with Crippen molar-refractivity contribution in [1.82, 2.24) is 0 Å². The molecule has 0 heterocycles. The fraction of sp³-hybridized carbons (Fsp3) is 0.310. The summed E-state index contributed by atoms with van der Waals surface area (Å²) in [5, 5.41) is 23.8.